The highest BCUT2D eigenvalue weighted by molar-refractivity contribution is 5.25. The number of piperazine rings is 1. The van der Waals surface area contributed by atoms with E-state index in [-0.39, 0.29) is 0 Å². The maximum atomic E-state index is 3.55. The maximum absolute atomic E-state index is 3.55. The standard InChI is InChI=1S/C15H25N3/c1-14-4-2-3-5-15(14)6-7-16-8-11-18-12-9-17-10-13-18/h2-5,16-17H,6-13H2,1H3. The lowest BCUT2D eigenvalue weighted by atomic mass is 10.1. The summed E-state index contributed by atoms with van der Waals surface area (Å²) in [6.07, 6.45) is 1.13. The third-order valence-corrected chi connectivity index (χ3v) is 3.65. The van der Waals surface area contributed by atoms with E-state index < -0.39 is 0 Å². The van der Waals surface area contributed by atoms with Gasteiger partial charge in [-0.3, -0.25) is 4.90 Å². The van der Waals surface area contributed by atoms with Crippen LogP contribution in [0.25, 0.3) is 0 Å². The molecular formula is C15H25N3. The highest BCUT2D eigenvalue weighted by Gasteiger charge is 2.07. The topological polar surface area (TPSA) is 27.3 Å². The van der Waals surface area contributed by atoms with Crippen molar-refractivity contribution in [2.45, 2.75) is 13.3 Å². The van der Waals surface area contributed by atoms with Crippen molar-refractivity contribution in [3.63, 3.8) is 0 Å². The fraction of sp³-hybridized carbons (Fsp3) is 0.600. The molecule has 0 amide bonds. The lowest BCUT2D eigenvalue weighted by Crippen LogP contribution is -2.45. The van der Waals surface area contributed by atoms with E-state index in [2.05, 4.69) is 46.7 Å². The Morgan fingerprint density at radius 2 is 1.94 bits per heavy atom. The molecule has 0 spiro atoms. The van der Waals surface area contributed by atoms with Gasteiger partial charge in [0, 0.05) is 39.3 Å². The fourth-order valence-electron chi connectivity index (χ4n) is 2.41. The first-order valence-electron chi connectivity index (χ1n) is 7.04. The first kappa shape index (κ1) is 13.5. The molecule has 1 heterocycles. The molecular weight excluding hydrogens is 222 g/mol. The molecule has 3 heteroatoms. The molecule has 18 heavy (non-hydrogen) atoms. The second-order valence-electron chi connectivity index (χ2n) is 5.02. The van der Waals surface area contributed by atoms with Crippen LogP contribution in [0.3, 0.4) is 0 Å². The van der Waals surface area contributed by atoms with Crippen molar-refractivity contribution in [2.24, 2.45) is 0 Å². The normalized spacial score (nSPS) is 16.9. The van der Waals surface area contributed by atoms with Crippen molar-refractivity contribution in [3.8, 4) is 0 Å². The Balaban J connectivity index is 1.57. The number of rotatable bonds is 6. The number of aryl methyl sites for hydroxylation is 1. The Bertz CT molecular complexity index is 345. The van der Waals surface area contributed by atoms with Crippen LogP contribution in [0.1, 0.15) is 11.1 Å². The molecule has 3 nitrogen and oxygen atoms in total. The summed E-state index contributed by atoms with van der Waals surface area (Å²) in [6, 6.07) is 8.66. The van der Waals surface area contributed by atoms with E-state index in [1.165, 1.54) is 30.8 Å². The summed E-state index contributed by atoms with van der Waals surface area (Å²) in [5, 5.41) is 6.93. The van der Waals surface area contributed by atoms with E-state index in [0.29, 0.717) is 0 Å². The SMILES string of the molecule is Cc1ccccc1CCNCCN1CCNCC1. The van der Waals surface area contributed by atoms with Gasteiger partial charge in [-0.25, -0.2) is 0 Å². The zero-order valence-corrected chi connectivity index (χ0v) is 11.4. The second-order valence-corrected chi connectivity index (χ2v) is 5.02. The molecule has 1 aliphatic heterocycles. The van der Waals surface area contributed by atoms with E-state index in [4.69, 9.17) is 0 Å². The van der Waals surface area contributed by atoms with Gasteiger partial charge in [0.1, 0.15) is 0 Å². The Labute approximate surface area is 111 Å². The molecule has 1 aliphatic rings. The first-order chi connectivity index (χ1) is 8.86. The molecule has 0 atom stereocenters. The Hall–Kier alpha value is -0.900. The van der Waals surface area contributed by atoms with E-state index >= 15 is 0 Å². The average Bonchev–Trinajstić information content (AvgIpc) is 2.42. The minimum absolute atomic E-state index is 1.08. The van der Waals surface area contributed by atoms with Crippen LogP contribution in [0.4, 0.5) is 0 Å². The molecule has 1 fully saturated rings. The number of benzene rings is 1. The van der Waals surface area contributed by atoms with E-state index in [1.54, 1.807) is 0 Å². The van der Waals surface area contributed by atoms with Crippen molar-refractivity contribution in [1.29, 1.82) is 0 Å². The summed E-state index contributed by atoms with van der Waals surface area (Å²) in [6.45, 7) is 10.2. The van der Waals surface area contributed by atoms with Crippen molar-refractivity contribution >= 4 is 0 Å². The second kappa shape index (κ2) is 7.52. The number of nitrogens with one attached hydrogen (secondary N) is 2. The molecule has 1 aromatic rings. The molecule has 0 aromatic heterocycles. The molecule has 0 radical (unpaired) electrons. The van der Waals surface area contributed by atoms with Gasteiger partial charge in [-0.05, 0) is 31.0 Å². The van der Waals surface area contributed by atoms with Gasteiger partial charge in [0.05, 0.1) is 0 Å². The van der Waals surface area contributed by atoms with Gasteiger partial charge in [0.15, 0.2) is 0 Å². The molecule has 1 saturated heterocycles. The van der Waals surface area contributed by atoms with Gasteiger partial charge in [-0.1, -0.05) is 24.3 Å². The van der Waals surface area contributed by atoms with Crippen LogP contribution in [0.5, 0.6) is 0 Å². The monoisotopic (exact) mass is 247 g/mol. The predicted molar refractivity (Wildman–Crippen MR) is 77.1 cm³/mol. The van der Waals surface area contributed by atoms with Gasteiger partial charge in [-0.15, -0.1) is 0 Å². The fourth-order valence-corrected chi connectivity index (χ4v) is 2.41. The number of nitrogens with zero attached hydrogens (tertiary/aromatic N) is 1. The predicted octanol–water partition coefficient (Wildman–Crippen LogP) is 1.03. The molecule has 0 saturated carbocycles. The summed E-state index contributed by atoms with van der Waals surface area (Å²) in [7, 11) is 0. The van der Waals surface area contributed by atoms with Crippen LogP contribution in [-0.4, -0.2) is 50.7 Å². The van der Waals surface area contributed by atoms with Crippen molar-refractivity contribution in [1.82, 2.24) is 15.5 Å². The smallest absolute Gasteiger partial charge is 0.0108 e. The minimum atomic E-state index is 1.08. The summed E-state index contributed by atoms with van der Waals surface area (Å²) in [4.78, 5) is 2.53. The van der Waals surface area contributed by atoms with Crippen LogP contribution >= 0.6 is 0 Å². The molecule has 1 aromatic carbocycles. The largest absolute Gasteiger partial charge is 0.315 e. The maximum Gasteiger partial charge on any atom is 0.0108 e. The van der Waals surface area contributed by atoms with E-state index in [1.807, 2.05) is 0 Å². The third-order valence-electron chi connectivity index (χ3n) is 3.65. The van der Waals surface area contributed by atoms with Crippen molar-refractivity contribution in [3.05, 3.63) is 35.4 Å². The quantitative estimate of drug-likeness (QED) is 0.735. The zero-order valence-electron chi connectivity index (χ0n) is 11.4. The summed E-state index contributed by atoms with van der Waals surface area (Å²) < 4.78 is 0. The Morgan fingerprint density at radius 1 is 1.17 bits per heavy atom. The van der Waals surface area contributed by atoms with E-state index in [9.17, 15) is 0 Å². The Morgan fingerprint density at radius 3 is 2.72 bits per heavy atom. The molecule has 2 N–H and O–H groups in total. The van der Waals surface area contributed by atoms with Gasteiger partial charge in [0.25, 0.3) is 0 Å². The van der Waals surface area contributed by atoms with E-state index in [0.717, 1.165) is 32.6 Å². The minimum Gasteiger partial charge on any atom is -0.315 e. The van der Waals surface area contributed by atoms with Gasteiger partial charge >= 0.3 is 0 Å². The van der Waals surface area contributed by atoms with Crippen LogP contribution in [0.15, 0.2) is 24.3 Å². The van der Waals surface area contributed by atoms with Crippen LogP contribution in [0, 0.1) is 6.92 Å². The molecule has 0 aliphatic carbocycles. The van der Waals surface area contributed by atoms with Crippen LogP contribution in [-0.2, 0) is 6.42 Å². The lowest BCUT2D eigenvalue weighted by Gasteiger charge is -2.27. The van der Waals surface area contributed by atoms with Crippen molar-refractivity contribution in [2.75, 3.05) is 45.8 Å². The third kappa shape index (κ3) is 4.41. The van der Waals surface area contributed by atoms with Gasteiger partial charge in [-0.2, -0.15) is 0 Å². The number of hydrogen-bond acceptors (Lipinski definition) is 3. The average molecular weight is 247 g/mol. The van der Waals surface area contributed by atoms with Crippen molar-refractivity contribution < 1.29 is 0 Å². The van der Waals surface area contributed by atoms with Gasteiger partial charge in [0.2, 0.25) is 0 Å². The molecule has 0 unspecified atom stereocenters. The molecule has 0 bridgehead atoms. The summed E-state index contributed by atoms with van der Waals surface area (Å²) >= 11 is 0. The zero-order chi connectivity index (χ0) is 12.6. The Kier molecular flexibility index (Phi) is 5.65. The first-order valence-corrected chi connectivity index (χ1v) is 7.04. The lowest BCUT2D eigenvalue weighted by molar-refractivity contribution is 0.241. The van der Waals surface area contributed by atoms with Crippen LogP contribution < -0.4 is 10.6 Å². The summed E-state index contributed by atoms with van der Waals surface area (Å²) in [5.41, 5.74) is 2.87. The highest BCUT2D eigenvalue weighted by atomic mass is 15.2. The molecule has 2 rings (SSSR count). The highest BCUT2D eigenvalue weighted by Crippen LogP contribution is 2.06. The molecule has 100 valence electrons. The summed E-state index contributed by atoms with van der Waals surface area (Å²) in [5.74, 6) is 0. The number of hydrogen-bond donors (Lipinski definition) is 2. The van der Waals surface area contributed by atoms with Gasteiger partial charge < -0.3 is 10.6 Å². The van der Waals surface area contributed by atoms with Crippen LogP contribution in [0.2, 0.25) is 0 Å².